The lowest BCUT2D eigenvalue weighted by atomic mass is 10.1. The van der Waals surface area contributed by atoms with Gasteiger partial charge in [-0.05, 0) is 35.7 Å². The number of Topliss-reactive ketones (excluding diaryl/α,β-unsaturated/α-hetero) is 1. The second kappa shape index (κ2) is 10.7. The second-order valence-corrected chi connectivity index (χ2v) is 8.21. The number of nitrogens with two attached hydrogens (primary N) is 1. The van der Waals surface area contributed by atoms with Gasteiger partial charge < -0.3 is 15.2 Å². The molecule has 0 unspecified atom stereocenters. The Morgan fingerprint density at radius 3 is 2.26 bits per heavy atom. The molecule has 2 aromatic carbocycles. The minimum absolute atomic E-state index is 0.0536. The van der Waals surface area contributed by atoms with Gasteiger partial charge in [-0.15, -0.1) is 0 Å². The Hall–Kier alpha value is -4.14. The third-order valence-corrected chi connectivity index (χ3v) is 5.08. The number of esters is 1. The molecule has 178 valence electrons. The fraction of sp³-hybridized carbons (Fsp3) is 0.280. The zero-order valence-electron chi connectivity index (χ0n) is 19.3. The molecule has 0 aliphatic carbocycles. The summed E-state index contributed by atoms with van der Waals surface area (Å²) >= 11 is 0. The van der Waals surface area contributed by atoms with Crippen LogP contribution in [0.25, 0.3) is 0 Å². The van der Waals surface area contributed by atoms with Crippen LogP contribution in [0.15, 0.2) is 64.2 Å². The molecule has 0 amide bonds. The lowest BCUT2D eigenvalue weighted by Gasteiger charge is -2.16. The van der Waals surface area contributed by atoms with Gasteiger partial charge in [0.1, 0.15) is 23.7 Å². The minimum atomic E-state index is -0.830. The van der Waals surface area contributed by atoms with Crippen LogP contribution in [0, 0.1) is 5.92 Å². The highest BCUT2D eigenvalue weighted by Gasteiger charge is 2.23. The van der Waals surface area contributed by atoms with Crippen molar-refractivity contribution in [2.75, 3.05) is 12.3 Å². The van der Waals surface area contributed by atoms with Gasteiger partial charge in [0, 0.05) is 13.6 Å². The van der Waals surface area contributed by atoms with Gasteiger partial charge in [0.05, 0.1) is 5.56 Å². The monoisotopic (exact) mass is 465 g/mol. The summed E-state index contributed by atoms with van der Waals surface area (Å²) in [4.78, 5) is 49.9. The topological polar surface area (TPSA) is 123 Å². The Bertz CT molecular complexity index is 1290. The first-order valence-electron chi connectivity index (χ1n) is 10.8. The minimum Gasteiger partial charge on any atom is -0.489 e. The molecule has 0 radical (unpaired) electrons. The highest BCUT2D eigenvalue weighted by atomic mass is 16.5. The van der Waals surface area contributed by atoms with Crippen LogP contribution >= 0.6 is 0 Å². The number of benzene rings is 2. The fourth-order valence-electron chi connectivity index (χ4n) is 3.30. The molecule has 1 heterocycles. The average Bonchev–Trinajstić information content (AvgIpc) is 2.83. The largest absolute Gasteiger partial charge is 0.489 e. The molecule has 0 saturated carbocycles. The van der Waals surface area contributed by atoms with Crippen LogP contribution in [0.1, 0.15) is 40.1 Å². The van der Waals surface area contributed by atoms with E-state index in [2.05, 4.69) is 0 Å². The molecule has 3 rings (SSSR count). The van der Waals surface area contributed by atoms with Crippen molar-refractivity contribution in [2.24, 2.45) is 13.0 Å². The molecule has 0 spiro atoms. The van der Waals surface area contributed by atoms with Crippen molar-refractivity contribution in [3.8, 4) is 5.75 Å². The zero-order chi connectivity index (χ0) is 24.8. The number of hydrogen-bond donors (Lipinski definition) is 1. The van der Waals surface area contributed by atoms with E-state index in [0.29, 0.717) is 12.4 Å². The smallest absolute Gasteiger partial charge is 0.338 e. The van der Waals surface area contributed by atoms with Crippen LogP contribution in [0.4, 0.5) is 5.82 Å². The molecule has 0 aliphatic heterocycles. The van der Waals surface area contributed by atoms with E-state index in [1.54, 1.807) is 12.1 Å². The molecule has 9 heteroatoms. The summed E-state index contributed by atoms with van der Waals surface area (Å²) in [6.07, 6.45) is 0. The molecule has 0 atom stereocenters. The quantitative estimate of drug-likeness (QED) is 0.380. The number of nitrogens with zero attached hydrogens (tertiary/aromatic N) is 2. The van der Waals surface area contributed by atoms with E-state index in [9.17, 15) is 19.2 Å². The van der Waals surface area contributed by atoms with E-state index >= 15 is 0 Å². The number of nitrogen functional groups attached to an aromatic ring is 1. The first-order valence-corrected chi connectivity index (χ1v) is 10.8. The number of carbonyl (C=O) groups excluding carboxylic acids is 2. The molecule has 2 N–H and O–H groups in total. The van der Waals surface area contributed by atoms with Crippen molar-refractivity contribution in [3.05, 3.63) is 92.1 Å². The standard InChI is InChI=1S/C25H27N3O6/c1-16(2)13-28-22(26)21(23(30)27(3)25(28)32)20(29)15-34-24(31)18-9-11-19(12-10-18)33-14-17-7-5-4-6-8-17/h4-12,16H,13-15,26H2,1-3H3. The van der Waals surface area contributed by atoms with E-state index < -0.39 is 29.6 Å². The second-order valence-electron chi connectivity index (χ2n) is 8.21. The predicted octanol–water partition coefficient (Wildman–Crippen LogP) is 2.40. The van der Waals surface area contributed by atoms with Gasteiger partial charge in [0.2, 0.25) is 5.78 Å². The number of aromatic nitrogens is 2. The summed E-state index contributed by atoms with van der Waals surface area (Å²) in [6, 6.07) is 15.9. The molecular formula is C25H27N3O6. The highest BCUT2D eigenvalue weighted by molar-refractivity contribution is 6.02. The SMILES string of the molecule is CC(C)Cn1c(N)c(C(=O)COC(=O)c2ccc(OCc3ccccc3)cc2)c(=O)n(C)c1=O. The third kappa shape index (κ3) is 5.61. The zero-order valence-corrected chi connectivity index (χ0v) is 19.3. The summed E-state index contributed by atoms with van der Waals surface area (Å²) < 4.78 is 12.8. The molecule has 0 saturated heterocycles. The number of hydrogen-bond acceptors (Lipinski definition) is 7. The Labute approximate surface area is 196 Å². The van der Waals surface area contributed by atoms with Crippen molar-refractivity contribution in [1.82, 2.24) is 9.13 Å². The van der Waals surface area contributed by atoms with Crippen molar-refractivity contribution < 1.29 is 19.1 Å². The summed E-state index contributed by atoms with van der Waals surface area (Å²) in [6.45, 7) is 3.67. The highest BCUT2D eigenvalue weighted by Crippen LogP contribution is 2.15. The molecule has 9 nitrogen and oxygen atoms in total. The first kappa shape index (κ1) is 24.5. The van der Waals surface area contributed by atoms with E-state index in [-0.39, 0.29) is 29.4 Å². The molecule has 0 aliphatic rings. The van der Waals surface area contributed by atoms with Crippen LogP contribution in [0.5, 0.6) is 5.75 Å². The van der Waals surface area contributed by atoms with Gasteiger partial charge in [-0.3, -0.25) is 18.7 Å². The number of carbonyl (C=O) groups is 2. The summed E-state index contributed by atoms with van der Waals surface area (Å²) in [5.41, 5.74) is 5.39. The normalized spacial score (nSPS) is 10.8. The first-order chi connectivity index (χ1) is 16.2. The van der Waals surface area contributed by atoms with E-state index in [4.69, 9.17) is 15.2 Å². The Kier molecular flexibility index (Phi) is 7.68. The molecule has 3 aromatic rings. The van der Waals surface area contributed by atoms with E-state index in [0.717, 1.165) is 10.1 Å². The Morgan fingerprint density at radius 2 is 1.65 bits per heavy atom. The fourth-order valence-corrected chi connectivity index (χ4v) is 3.30. The van der Waals surface area contributed by atoms with Crippen LogP contribution in [0.2, 0.25) is 0 Å². The van der Waals surface area contributed by atoms with Gasteiger partial charge in [-0.25, -0.2) is 9.59 Å². The Balaban J connectivity index is 1.67. The maximum absolute atomic E-state index is 12.7. The van der Waals surface area contributed by atoms with Gasteiger partial charge in [-0.1, -0.05) is 44.2 Å². The van der Waals surface area contributed by atoms with Crippen molar-refractivity contribution in [1.29, 1.82) is 0 Å². The van der Waals surface area contributed by atoms with Crippen LogP contribution < -0.4 is 21.7 Å². The predicted molar refractivity (Wildman–Crippen MR) is 127 cm³/mol. The molecular weight excluding hydrogens is 438 g/mol. The summed E-state index contributed by atoms with van der Waals surface area (Å²) in [5.74, 6) is -1.14. The molecule has 34 heavy (non-hydrogen) atoms. The summed E-state index contributed by atoms with van der Waals surface area (Å²) in [7, 11) is 1.27. The maximum atomic E-state index is 12.7. The molecule has 0 fully saturated rings. The van der Waals surface area contributed by atoms with Crippen LogP contribution in [-0.4, -0.2) is 27.5 Å². The van der Waals surface area contributed by atoms with Crippen molar-refractivity contribution in [2.45, 2.75) is 27.0 Å². The number of rotatable bonds is 9. The van der Waals surface area contributed by atoms with E-state index in [1.807, 2.05) is 44.2 Å². The van der Waals surface area contributed by atoms with Crippen molar-refractivity contribution in [3.63, 3.8) is 0 Å². The van der Waals surface area contributed by atoms with Crippen LogP contribution in [-0.2, 0) is 24.9 Å². The molecule has 0 bridgehead atoms. The van der Waals surface area contributed by atoms with Crippen molar-refractivity contribution >= 4 is 17.6 Å². The third-order valence-electron chi connectivity index (χ3n) is 5.08. The van der Waals surface area contributed by atoms with E-state index in [1.165, 1.54) is 23.7 Å². The number of anilines is 1. The number of ether oxygens (including phenoxy) is 2. The van der Waals surface area contributed by atoms with Gasteiger partial charge >= 0.3 is 11.7 Å². The average molecular weight is 466 g/mol. The summed E-state index contributed by atoms with van der Waals surface area (Å²) in [5, 5.41) is 0. The maximum Gasteiger partial charge on any atom is 0.338 e. The van der Waals surface area contributed by atoms with Crippen LogP contribution in [0.3, 0.4) is 0 Å². The van der Waals surface area contributed by atoms with Gasteiger partial charge in [0.15, 0.2) is 6.61 Å². The lowest BCUT2D eigenvalue weighted by Crippen LogP contribution is -2.43. The Morgan fingerprint density at radius 1 is 1.00 bits per heavy atom. The van der Waals surface area contributed by atoms with Gasteiger partial charge in [-0.2, -0.15) is 0 Å². The molecule has 1 aromatic heterocycles. The lowest BCUT2D eigenvalue weighted by molar-refractivity contribution is 0.0474. The number of ketones is 1. The van der Waals surface area contributed by atoms with Gasteiger partial charge in [0.25, 0.3) is 5.56 Å².